The van der Waals surface area contributed by atoms with E-state index < -0.39 is 195 Å². The van der Waals surface area contributed by atoms with Gasteiger partial charge in [0.2, 0.25) is 5.60 Å². The summed E-state index contributed by atoms with van der Waals surface area (Å²) in [6.45, 7) is 3.91. The topological polar surface area (TPSA) is 559 Å². The molecular formula is C54H60Cl5N13O23. The molecule has 0 amide bonds. The van der Waals surface area contributed by atoms with E-state index in [1.165, 1.54) is 49.1 Å². The van der Waals surface area contributed by atoms with Gasteiger partial charge in [0.1, 0.15) is 86.3 Å². The van der Waals surface area contributed by atoms with E-state index in [1.807, 2.05) is 9.97 Å². The van der Waals surface area contributed by atoms with Gasteiger partial charge < -0.3 is 86.2 Å². The van der Waals surface area contributed by atoms with Crippen LogP contribution in [0, 0.1) is 36.0 Å². The summed E-state index contributed by atoms with van der Waals surface area (Å²) in [5.41, 5.74) is -2.61. The molecule has 5 fully saturated rings. The van der Waals surface area contributed by atoms with Crippen LogP contribution in [-0.2, 0) is 23.7 Å². The van der Waals surface area contributed by atoms with Crippen molar-refractivity contribution in [1.29, 1.82) is 5.26 Å². The Kier molecular flexibility index (Phi) is 24.9. The van der Waals surface area contributed by atoms with Crippen LogP contribution in [0.3, 0.4) is 0 Å². The first-order valence-corrected chi connectivity index (χ1v) is 29.2. The number of alkyl halides is 5. The molecule has 0 saturated carbocycles. The molecule has 5 aliphatic heterocycles. The molecule has 41 heteroatoms. The average Bonchev–Trinajstić information content (AvgIpc) is 1.66. The molecule has 0 unspecified atom stereocenters. The Labute approximate surface area is 556 Å². The molecule has 514 valence electrons. The van der Waals surface area contributed by atoms with Gasteiger partial charge in [0.05, 0.1) is 33.0 Å². The van der Waals surface area contributed by atoms with Crippen molar-refractivity contribution < 1.29 is 74.7 Å². The van der Waals surface area contributed by atoms with Crippen LogP contribution in [0.5, 0.6) is 0 Å². The second kappa shape index (κ2) is 31.0. The molecule has 0 radical (unpaired) electrons. The van der Waals surface area contributed by atoms with Crippen molar-refractivity contribution in [1.82, 2.24) is 47.8 Å². The summed E-state index contributed by atoms with van der Waals surface area (Å²) in [5, 5.41) is 100. The van der Waals surface area contributed by atoms with Crippen molar-refractivity contribution in [2.45, 2.75) is 117 Å². The summed E-state index contributed by atoms with van der Waals surface area (Å²) in [5.74, 6) is 4.44. The fraction of sp³-hybridized carbons (Fsp3) is 0.463. The van der Waals surface area contributed by atoms with Crippen molar-refractivity contribution in [3.63, 3.8) is 0 Å². The second-order valence-corrected chi connectivity index (χ2v) is 23.3. The zero-order valence-electron chi connectivity index (χ0n) is 48.6. The first-order valence-electron chi connectivity index (χ1n) is 27.1. The summed E-state index contributed by atoms with van der Waals surface area (Å²) in [4.78, 5) is 104. The van der Waals surface area contributed by atoms with Crippen LogP contribution < -0.4 is 56.6 Å². The highest BCUT2D eigenvalue weighted by atomic mass is 35.5. The van der Waals surface area contributed by atoms with E-state index in [0.717, 1.165) is 47.2 Å². The molecular weight excluding hydrogens is 1380 g/mol. The van der Waals surface area contributed by atoms with E-state index in [-0.39, 0.29) is 11.6 Å². The van der Waals surface area contributed by atoms with E-state index in [4.69, 9.17) is 111 Å². The standard InChI is InChI=1S/C11H14ClN3O4.C11H12ClN3O4.C11H13ClN2O5.C11H11ClN2O5.C10H10ClN3O5/c2*1-2-11(5-16)8(17)7(12)9(19-11)15-4-3-6(13)14-10(15)18;2*1-2-11(5-15)8(17)7(12)9(19-11)14-4-3-6(16)13-10(14)18;11-6-7(17)10(3-12,4-15)19-8(6)14-2-1-5(16)13-9(14)18/h2-4,7-9,16-17H,1,5H2,(H2,13,14,18);1,3-4,7-9,16-17H,5H2,(H2,13,14,18);2-4,7-9,15,17H,1,5H2,(H,13,16,18);1,3-4,7-9,15,17H,5H2,(H,13,16,18);1-2,6-8,15,17H,4H2,(H,13,16,18)/t4*7-,8+,9-,11-;6-,7+,8-,10-/m11111/s1. The van der Waals surface area contributed by atoms with Gasteiger partial charge in [-0.1, -0.05) is 24.0 Å². The predicted octanol–water partition coefficient (Wildman–Crippen LogP) is -6.44. The molecule has 10 rings (SSSR count). The Hall–Kier alpha value is -7.66. The van der Waals surface area contributed by atoms with Crippen LogP contribution in [0.15, 0.2) is 125 Å². The lowest BCUT2D eigenvalue weighted by atomic mass is 9.98. The minimum Gasteiger partial charge on any atom is -0.393 e. The number of aromatic nitrogens is 10. The van der Waals surface area contributed by atoms with Crippen molar-refractivity contribution in [3.05, 3.63) is 170 Å². The molecule has 10 heterocycles. The number of H-pyrrole nitrogens is 3. The average molecular weight is 1440 g/mol. The van der Waals surface area contributed by atoms with Gasteiger partial charge in [0.15, 0.2) is 42.3 Å². The number of nitriles is 1. The second-order valence-electron chi connectivity index (χ2n) is 20.8. The first-order chi connectivity index (χ1) is 44.7. The van der Waals surface area contributed by atoms with Crippen LogP contribution in [-0.4, -0.2) is 217 Å². The van der Waals surface area contributed by atoms with E-state index >= 15 is 0 Å². The Morgan fingerprint density at radius 3 is 0.968 bits per heavy atom. The van der Waals surface area contributed by atoms with Crippen molar-refractivity contribution >= 4 is 69.6 Å². The smallest absolute Gasteiger partial charge is 0.351 e. The van der Waals surface area contributed by atoms with Gasteiger partial charge in [0, 0.05) is 49.2 Å². The molecule has 20 atom stereocenters. The third-order valence-electron chi connectivity index (χ3n) is 15.2. The lowest BCUT2D eigenvalue weighted by Gasteiger charge is -2.25. The molecule has 5 aromatic rings. The molecule has 5 aliphatic rings. The Balaban J connectivity index is 0.000000188. The monoisotopic (exact) mass is 1430 g/mol. The largest absolute Gasteiger partial charge is 0.393 e. The van der Waals surface area contributed by atoms with E-state index in [9.17, 15) is 89.4 Å². The highest BCUT2D eigenvalue weighted by Crippen LogP contribution is 2.44. The SMILES string of the molecule is C#C[C@]1(CO)O[C@@H](n2ccc(=O)[nH]c2=O)[C@H](Cl)[C@@H]1O.C#C[C@]1(CO)O[C@@H](n2ccc(N)nc2=O)[C@H](Cl)[C@@H]1O.C=C[C@]1(CO)O[C@@H](n2ccc(=O)[nH]c2=O)[C@H](Cl)[C@@H]1O.C=C[C@]1(CO)O[C@@H](n2ccc(N)nc2=O)[C@H](Cl)[C@@H]1O.N#C[C@]1(CO)O[C@@H](n2ccc(=O)[nH]c2=O)[C@H](Cl)[C@@H]1O. The van der Waals surface area contributed by atoms with Crippen molar-refractivity contribution in [3.8, 4) is 30.8 Å². The summed E-state index contributed by atoms with van der Waals surface area (Å²) >= 11 is 30.0. The normalized spacial score (nSPS) is 34.2. The molecule has 5 aromatic heterocycles. The molecule has 0 aliphatic carbocycles. The number of aliphatic hydroxyl groups excluding tert-OH is 10. The number of aromatic amines is 3. The summed E-state index contributed by atoms with van der Waals surface area (Å²) in [6, 6.07) is 7.75. The number of rotatable bonds is 12. The maximum Gasteiger partial charge on any atom is 0.351 e. The van der Waals surface area contributed by atoms with Gasteiger partial charge in [-0.05, 0) is 12.1 Å². The van der Waals surface area contributed by atoms with Crippen LogP contribution in [0.1, 0.15) is 31.1 Å². The minimum atomic E-state index is -1.90. The van der Waals surface area contributed by atoms with Gasteiger partial charge in [-0.25, -0.2) is 24.0 Å². The number of nitrogens with two attached hydrogens (primary N) is 2. The highest BCUT2D eigenvalue weighted by molar-refractivity contribution is 6.22. The summed E-state index contributed by atoms with van der Waals surface area (Å²) < 4.78 is 32.1. The van der Waals surface area contributed by atoms with E-state index in [0.29, 0.717) is 0 Å². The fourth-order valence-corrected chi connectivity index (χ4v) is 11.5. The number of nitrogens with one attached hydrogen (secondary N) is 3. The highest BCUT2D eigenvalue weighted by Gasteiger charge is 2.58. The summed E-state index contributed by atoms with van der Waals surface area (Å²) in [6.07, 6.45) is 7.34. The van der Waals surface area contributed by atoms with Crippen molar-refractivity contribution in [2.24, 2.45) is 0 Å². The lowest BCUT2D eigenvalue weighted by Crippen LogP contribution is -2.43. The van der Waals surface area contributed by atoms with Crippen LogP contribution in [0.4, 0.5) is 11.6 Å². The summed E-state index contributed by atoms with van der Waals surface area (Å²) in [7, 11) is 0. The zero-order valence-corrected chi connectivity index (χ0v) is 52.4. The number of halogens is 5. The number of ether oxygens (including phenoxy) is 5. The van der Waals surface area contributed by atoms with Gasteiger partial charge in [0.25, 0.3) is 16.7 Å². The van der Waals surface area contributed by atoms with Gasteiger partial charge in [-0.2, -0.15) is 15.2 Å². The maximum atomic E-state index is 11.7. The number of hydrogen-bond donors (Lipinski definition) is 15. The molecule has 0 spiro atoms. The number of nitrogens with zero attached hydrogens (tertiary/aromatic N) is 8. The third-order valence-corrected chi connectivity index (χ3v) is 17.4. The fourth-order valence-electron chi connectivity index (χ4n) is 9.61. The minimum absolute atomic E-state index is 0.0521. The first kappa shape index (κ1) is 76.4. The quantitative estimate of drug-likeness (QED) is 0.0314. The Morgan fingerprint density at radius 2 is 0.737 bits per heavy atom. The van der Waals surface area contributed by atoms with Gasteiger partial charge in [-0.3, -0.25) is 52.2 Å². The molecule has 17 N–H and O–H groups in total. The Bertz CT molecular complexity index is 4120. The Morgan fingerprint density at radius 1 is 0.474 bits per heavy atom. The molecule has 0 bridgehead atoms. The molecule has 0 aromatic carbocycles. The number of terminal acetylenes is 2. The predicted molar refractivity (Wildman–Crippen MR) is 331 cm³/mol. The van der Waals surface area contributed by atoms with E-state index in [1.54, 1.807) is 6.07 Å². The molecule has 36 nitrogen and oxygen atoms in total. The number of hydrogen-bond acceptors (Lipinski definition) is 28. The number of aliphatic hydroxyl groups is 10. The maximum absolute atomic E-state index is 11.7. The number of nitrogen functional groups attached to an aromatic ring is 2. The van der Waals surface area contributed by atoms with Crippen LogP contribution in [0.2, 0.25) is 0 Å². The molecule has 5 saturated heterocycles. The third kappa shape index (κ3) is 15.0. The van der Waals surface area contributed by atoms with Crippen molar-refractivity contribution in [2.75, 3.05) is 44.5 Å². The van der Waals surface area contributed by atoms with E-state index in [2.05, 4.69) is 40.0 Å². The van der Waals surface area contributed by atoms with Gasteiger partial charge in [-0.15, -0.1) is 84.0 Å². The zero-order chi connectivity index (χ0) is 71.0. The van der Waals surface area contributed by atoms with Gasteiger partial charge >= 0.3 is 28.4 Å². The number of anilines is 2. The van der Waals surface area contributed by atoms with Crippen LogP contribution in [0.25, 0.3) is 0 Å². The molecule has 95 heavy (non-hydrogen) atoms. The van der Waals surface area contributed by atoms with Crippen LogP contribution >= 0.6 is 58.0 Å². The lowest BCUT2D eigenvalue weighted by molar-refractivity contribution is -0.0973.